The maximum Gasteiger partial charge on any atom is 0.124 e. The monoisotopic (exact) mass is 314 g/mol. The van der Waals surface area contributed by atoms with Gasteiger partial charge in [-0.2, -0.15) is 0 Å². The van der Waals surface area contributed by atoms with Gasteiger partial charge < -0.3 is 18.9 Å². The van der Waals surface area contributed by atoms with Crippen molar-refractivity contribution in [1.82, 2.24) is 0 Å². The Morgan fingerprint density at radius 1 is 1.04 bits per heavy atom. The van der Waals surface area contributed by atoms with Gasteiger partial charge in [-0.25, -0.2) is 0 Å². The van der Waals surface area contributed by atoms with E-state index in [1.807, 2.05) is 19.2 Å². The fourth-order valence-electron chi connectivity index (χ4n) is 5.06. The lowest BCUT2D eigenvalue weighted by Gasteiger charge is -2.42. The Bertz CT molecular complexity index is 652. The number of benzene rings is 1. The lowest BCUT2D eigenvalue weighted by Crippen LogP contribution is -2.43. The highest BCUT2D eigenvalue weighted by molar-refractivity contribution is 5.82. The third-order valence-corrected chi connectivity index (χ3v) is 6.15. The van der Waals surface area contributed by atoms with Crippen molar-refractivity contribution in [1.29, 1.82) is 0 Å². The van der Waals surface area contributed by atoms with E-state index in [0.717, 1.165) is 31.8 Å². The number of fused-ring (bicyclic) bond motifs is 2. The van der Waals surface area contributed by atoms with Gasteiger partial charge in [-0.1, -0.05) is 12.1 Å². The van der Waals surface area contributed by atoms with Gasteiger partial charge in [0.05, 0.1) is 19.3 Å². The lowest BCUT2D eigenvalue weighted by atomic mass is 9.68. The molecular formula is C19H22O4. The molecule has 2 aliphatic carbocycles. The van der Waals surface area contributed by atoms with Crippen molar-refractivity contribution in [3.63, 3.8) is 0 Å². The van der Waals surface area contributed by atoms with E-state index >= 15 is 0 Å². The van der Waals surface area contributed by atoms with Gasteiger partial charge in [-0.15, -0.1) is 0 Å². The van der Waals surface area contributed by atoms with Crippen LogP contribution in [0.3, 0.4) is 0 Å². The van der Waals surface area contributed by atoms with Crippen LogP contribution in [-0.2, 0) is 14.2 Å². The molecule has 0 bridgehead atoms. The van der Waals surface area contributed by atoms with Gasteiger partial charge in [-0.3, -0.25) is 0 Å². The number of methoxy groups -OCH3 is 2. The quantitative estimate of drug-likeness (QED) is 0.856. The Balaban J connectivity index is 1.59. The molecule has 5 atom stereocenters. The summed E-state index contributed by atoms with van der Waals surface area (Å²) in [6.07, 6.45) is 2.64. The summed E-state index contributed by atoms with van der Waals surface area (Å²) in [6, 6.07) is 8.38. The van der Waals surface area contributed by atoms with Gasteiger partial charge in [0.2, 0.25) is 0 Å². The first-order valence-electron chi connectivity index (χ1n) is 8.48. The van der Waals surface area contributed by atoms with Crippen molar-refractivity contribution >= 4 is 5.57 Å². The molecule has 0 aromatic heterocycles. The summed E-state index contributed by atoms with van der Waals surface area (Å²) >= 11 is 0. The molecule has 0 unspecified atom stereocenters. The second kappa shape index (κ2) is 4.82. The average molecular weight is 314 g/mol. The van der Waals surface area contributed by atoms with Gasteiger partial charge in [0, 0.05) is 32.2 Å². The minimum Gasteiger partial charge on any atom is -0.497 e. The molecule has 0 radical (unpaired) electrons. The molecule has 0 N–H and O–H groups in total. The molecule has 0 spiro atoms. The van der Waals surface area contributed by atoms with Crippen molar-refractivity contribution in [2.75, 3.05) is 27.4 Å². The Hall–Kier alpha value is -1.36. The van der Waals surface area contributed by atoms with Crippen molar-refractivity contribution in [3.05, 3.63) is 35.4 Å². The summed E-state index contributed by atoms with van der Waals surface area (Å²) in [5.41, 5.74) is 3.81. The topological polar surface area (TPSA) is 36.9 Å². The highest BCUT2D eigenvalue weighted by Gasteiger charge is 2.75. The van der Waals surface area contributed by atoms with Crippen molar-refractivity contribution in [2.24, 2.45) is 11.8 Å². The molecule has 2 saturated heterocycles. The number of rotatable bonds is 4. The minimum atomic E-state index is -0.237. The van der Waals surface area contributed by atoms with Gasteiger partial charge in [0.15, 0.2) is 0 Å². The fourth-order valence-corrected chi connectivity index (χ4v) is 5.06. The van der Waals surface area contributed by atoms with E-state index in [2.05, 4.69) is 12.1 Å². The fraction of sp³-hybridized carbons (Fsp3) is 0.579. The Morgan fingerprint density at radius 2 is 1.83 bits per heavy atom. The first kappa shape index (κ1) is 14.0. The molecular weight excluding hydrogens is 292 g/mol. The minimum absolute atomic E-state index is 0.223. The van der Waals surface area contributed by atoms with Crippen LogP contribution in [0.2, 0.25) is 0 Å². The zero-order valence-electron chi connectivity index (χ0n) is 13.6. The van der Waals surface area contributed by atoms with Gasteiger partial charge in [0.1, 0.15) is 11.4 Å². The summed E-state index contributed by atoms with van der Waals surface area (Å²) in [4.78, 5) is 0. The molecule has 4 aliphatic rings. The van der Waals surface area contributed by atoms with Crippen LogP contribution < -0.4 is 4.74 Å². The molecule has 0 amide bonds. The Labute approximate surface area is 136 Å². The molecule has 2 heterocycles. The molecule has 23 heavy (non-hydrogen) atoms. The lowest BCUT2D eigenvalue weighted by molar-refractivity contribution is -0.00952. The number of hydrogen-bond acceptors (Lipinski definition) is 4. The summed E-state index contributed by atoms with van der Waals surface area (Å²) < 4.78 is 23.3. The van der Waals surface area contributed by atoms with Crippen molar-refractivity contribution < 1.29 is 18.9 Å². The zero-order chi connectivity index (χ0) is 15.6. The third kappa shape index (κ3) is 1.66. The van der Waals surface area contributed by atoms with Crippen LogP contribution in [0.15, 0.2) is 29.8 Å². The molecule has 1 aromatic carbocycles. The zero-order valence-corrected chi connectivity index (χ0v) is 13.6. The first-order chi connectivity index (χ1) is 11.3. The van der Waals surface area contributed by atoms with Crippen LogP contribution >= 0.6 is 0 Å². The molecule has 1 saturated carbocycles. The third-order valence-electron chi connectivity index (χ3n) is 6.15. The molecule has 122 valence electrons. The maximum atomic E-state index is 6.04. The smallest absolute Gasteiger partial charge is 0.124 e. The number of ether oxygens (including phenoxy) is 4. The number of hydrogen-bond donors (Lipinski definition) is 0. The predicted molar refractivity (Wildman–Crippen MR) is 85.3 cm³/mol. The molecule has 4 heteroatoms. The van der Waals surface area contributed by atoms with Crippen LogP contribution in [-0.4, -0.2) is 45.2 Å². The van der Waals surface area contributed by atoms with E-state index in [9.17, 15) is 0 Å². The molecule has 1 aromatic rings. The van der Waals surface area contributed by atoms with Crippen LogP contribution in [0.4, 0.5) is 0 Å². The summed E-state index contributed by atoms with van der Waals surface area (Å²) in [5.74, 6) is 1.90. The van der Waals surface area contributed by atoms with Crippen LogP contribution in [0.1, 0.15) is 18.4 Å². The van der Waals surface area contributed by atoms with Gasteiger partial charge >= 0.3 is 0 Å². The highest BCUT2D eigenvalue weighted by atomic mass is 16.6. The largest absolute Gasteiger partial charge is 0.497 e. The highest BCUT2D eigenvalue weighted by Crippen LogP contribution is 2.66. The Morgan fingerprint density at radius 3 is 2.48 bits per heavy atom. The van der Waals surface area contributed by atoms with E-state index < -0.39 is 0 Å². The summed E-state index contributed by atoms with van der Waals surface area (Å²) in [5, 5.41) is 0. The van der Waals surface area contributed by atoms with E-state index in [0.29, 0.717) is 11.8 Å². The van der Waals surface area contributed by atoms with E-state index in [1.54, 1.807) is 7.11 Å². The molecule has 5 rings (SSSR count). The standard InChI is InChI=1S/C19H22O4/c1-20-12-5-3-11(4-6-12)15-13-7-9-22-17(13)16(15)19(21-2)14-8-10-23-18(14)19/h3-6,13-14,17-18H,7-10H2,1-2H3/t13-,14+,17-,18-,19-/m0/s1. The predicted octanol–water partition coefficient (Wildman–Crippen LogP) is 2.67. The van der Waals surface area contributed by atoms with E-state index in [1.165, 1.54) is 16.7 Å². The summed E-state index contributed by atoms with van der Waals surface area (Å²) in [6.45, 7) is 1.70. The van der Waals surface area contributed by atoms with Crippen LogP contribution in [0.5, 0.6) is 5.75 Å². The average Bonchev–Trinajstić information content (AvgIpc) is 2.93. The van der Waals surface area contributed by atoms with E-state index in [-0.39, 0.29) is 17.8 Å². The Kier molecular flexibility index (Phi) is 2.94. The van der Waals surface area contributed by atoms with E-state index in [4.69, 9.17) is 18.9 Å². The second-order valence-electron chi connectivity index (χ2n) is 6.93. The van der Waals surface area contributed by atoms with Crippen molar-refractivity contribution in [3.8, 4) is 5.75 Å². The van der Waals surface area contributed by atoms with Crippen LogP contribution in [0, 0.1) is 11.8 Å². The van der Waals surface area contributed by atoms with Crippen LogP contribution in [0.25, 0.3) is 5.57 Å². The molecule has 4 nitrogen and oxygen atoms in total. The van der Waals surface area contributed by atoms with Crippen molar-refractivity contribution in [2.45, 2.75) is 30.7 Å². The molecule has 2 aliphatic heterocycles. The maximum absolute atomic E-state index is 6.04. The van der Waals surface area contributed by atoms with Gasteiger partial charge in [-0.05, 0) is 41.7 Å². The molecule has 3 fully saturated rings. The normalized spacial score (nSPS) is 40.6. The second-order valence-corrected chi connectivity index (χ2v) is 6.93. The first-order valence-corrected chi connectivity index (χ1v) is 8.48. The summed E-state index contributed by atoms with van der Waals surface area (Å²) in [7, 11) is 3.52. The van der Waals surface area contributed by atoms with Gasteiger partial charge in [0.25, 0.3) is 0 Å². The SMILES string of the molecule is COc1ccc(C2=C([C@@]3(OC)[C@@H]4CCO[C@@H]43)[C@H]3OCC[C@@H]23)cc1.